The zero-order valence-electron chi connectivity index (χ0n) is 9.71. The molecule has 104 valence electrons. The highest BCUT2D eigenvalue weighted by Crippen LogP contribution is 2.20. The second-order valence-electron chi connectivity index (χ2n) is 3.72. The number of rotatable bonds is 3. The number of nitrogens with two attached hydrogens (primary N) is 1. The van der Waals surface area contributed by atoms with Crippen LogP contribution in [0.5, 0.6) is 0 Å². The van der Waals surface area contributed by atoms with Gasteiger partial charge in [0.2, 0.25) is 0 Å². The third-order valence-corrected chi connectivity index (χ3v) is 2.91. The maximum atomic E-state index is 13.6. The van der Waals surface area contributed by atoms with E-state index in [4.69, 9.17) is 29.6 Å². The minimum absolute atomic E-state index is 0.00295. The van der Waals surface area contributed by atoms with Crippen LogP contribution in [0.1, 0.15) is 15.9 Å². The largest absolute Gasteiger partial charge is 0.389 e. The van der Waals surface area contributed by atoms with Gasteiger partial charge < -0.3 is 11.1 Å². The topological polar surface area (TPSA) is 83.8 Å². The predicted octanol–water partition coefficient (Wildman–Crippen LogP) is 2.23. The fraction of sp³-hybridized carbons (Fsp3) is 0. The Balaban J connectivity index is 2.31. The number of amides is 1. The van der Waals surface area contributed by atoms with Gasteiger partial charge in [-0.3, -0.25) is 9.89 Å². The first-order valence-corrected chi connectivity index (χ1v) is 5.98. The number of thiocarbonyl (C=S) groups is 1. The van der Waals surface area contributed by atoms with Gasteiger partial charge in [0.15, 0.2) is 0 Å². The number of benzene rings is 1. The molecule has 9 heteroatoms. The smallest absolute Gasteiger partial charge is 0.259 e. The molecular formula is C11H7ClF2N4OS. The van der Waals surface area contributed by atoms with Gasteiger partial charge in [0, 0.05) is 0 Å². The van der Waals surface area contributed by atoms with E-state index in [1.165, 1.54) is 6.20 Å². The molecule has 5 nitrogen and oxygen atoms in total. The van der Waals surface area contributed by atoms with E-state index >= 15 is 0 Å². The van der Waals surface area contributed by atoms with Crippen LogP contribution in [0.4, 0.5) is 14.6 Å². The quantitative estimate of drug-likeness (QED) is 0.599. The first-order chi connectivity index (χ1) is 9.40. The summed E-state index contributed by atoms with van der Waals surface area (Å²) in [7, 11) is 0. The zero-order chi connectivity index (χ0) is 14.9. The van der Waals surface area contributed by atoms with Crippen LogP contribution in [0.3, 0.4) is 0 Å². The van der Waals surface area contributed by atoms with E-state index in [1.807, 2.05) is 0 Å². The van der Waals surface area contributed by atoms with E-state index in [2.05, 4.69) is 15.5 Å². The van der Waals surface area contributed by atoms with Gasteiger partial charge in [0.25, 0.3) is 5.91 Å². The summed E-state index contributed by atoms with van der Waals surface area (Å²) in [4.78, 5) is 11.9. The molecule has 0 saturated carbocycles. The van der Waals surface area contributed by atoms with Crippen LogP contribution in [0.25, 0.3) is 0 Å². The summed E-state index contributed by atoms with van der Waals surface area (Å²) >= 11 is 10.2. The highest BCUT2D eigenvalue weighted by atomic mass is 35.5. The first kappa shape index (κ1) is 14.4. The second-order valence-corrected chi connectivity index (χ2v) is 4.57. The number of halogens is 3. The molecule has 0 bridgehead atoms. The molecule has 0 fully saturated rings. The number of nitrogens with zero attached hydrogens (tertiary/aromatic N) is 1. The minimum atomic E-state index is -0.953. The molecule has 1 amide bonds. The third-order valence-electron chi connectivity index (χ3n) is 2.40. The molecule has 0 aliphatic heterocycles. The summed E-state index contributed by atoms with van der Waals surface area (Å²) in [6.45, 7) is 0. The minimum Gasteiger partial charge on any atom is -0.389 e. The molecule has 20 heavy (non-hydrogen) atoms. The molecule has 0 aliphatic rings. The van der Waals surface area contributed by atoms with Crippen LogP contribution >= 0.6 is 23.8 Å². The van der Waals surface area contributed by atoms with Crippen molar-refractivity contribution < 1.29 is 13.6 Å². The summed E-state index contributed by atoms with van der Waals surface area (Å²) in [6, 6.07) is 1.41. The molecule has 2 rings (SSSR count). The Labute approximate surface area is 122 Å². The fourth-order valence-corrected chi connectivity index (χ4v) is 1.75. The highest BCUT2D eigenvalue weighted by molar-refractivity contribution is 7.80. The Morgan fingerprint density at radius 3 is 2.70 bits per heavy atom. The summed E-state index contributed by atoms with van der Waals surface area (Å²) in [6.07, 6.45) is 1.30. The molecule has 0 unspecified atom stereocenters. The molecule has 0 radical (unpaired) electrons. The Bertz CT molecular complexity index is 704. The van der Waals surface area contributed by atoms with Crippen LogP contribution in [0.2, 0.25) is 5.02 Å². The molecule has 0 aliphatic carbocycles. The predicted molar refractivity (Wildman–Crippen MR) is 73.8 cm³/mol. The van der Waals surface area contributed by atoms with Crippen molar-refractivity contribution in [2.75, 3.05) is 5.32 Å². The maximum absolute atomic E-state index is 13.6. The van der Waals surface area contributed by atoms with E-state index in [1.54, 1.807) is 0 Å². The van der Waals surface area contributed by atoms with Gasteiger partial charge in [-0.15, -0.1) is 0 Å². The van der Waals surface area contributed by atoms with Gasteiger partial charge in [0.1, 0.15) is 22.4 Å². The van der Waals surface area contributed by atoms with Crippen molar-refractivity contribution in [3.8, 4) is 0 Å². The van der Waals surface area contributed by atoms with Crippen molar-refractivity contribution in [1.82, 2.24) is 10.2 Å². The fourth-order valence-electron chi connectivity index (χ4n) is 1.45. The van der Waals surface area contributed by atoms with E-state index in [-0.39, 0.29) is 16.4 Å². The Morgan fingerprint density at radius 1 is 1.35 bits per heavy atom. The number of carbonyl (C=O) groups is 1. The lowest BCUT2D eigenvalue weighted by molar-refractivity contribution is 0.102. The molecular weight excluding hydrogens is 310 g/mol. The summed E-state index contributed by atoms with van der Waals surface area (Å²) in [5.41, 5.74) is 5.19. The lowest BCUT2D eigenvalue weighted by atomic mass is 10.2. The summed E-state index contributed by atoms with van der Waals surface area (Å²) in [5, 5.41) is 7.98. The normalized spacial score (nSPS) is 10.3. The van der Waals surface area contributed by atoms with Gasteiger partial charge in [-0.2, -0.15) is 5.10 Å². The van der Waals surface area contributed by atoms with Crippen molar-refractivity contribution in [2.45, 2.75) is 0 Å². The summed E-state index contributed by atoms with van der Waals surface area (Å²) in [5.74, 6) is -2.65. The first-order valence-electron chi connectivity index (χ1n) is 5.19. The Hall–Kier alpha value is -2.06. The molecule has 2 aromatic rings. The van der Waals surface area contributed by atoms with Crippen molar-refractivity contribution in [1.29, 1.82) is 0 Å². The van der Waals surface area contributed by atoms with Crippen LogP contribution < -0.4 is 11.1 Å². The number of H-pyrrole nitrogens is 1. The molecule has 1 aromatic heterocycles. The van der Waals surface area contributed by atoms with Crippen molar-refractivity contribution >= 4 is 40.5 Å². The van der Waals surface area contributed by atoms with Crippen LogP contribution in [-0.2, 0) is 0 Å². The number of hydrogen-bond acceptors (Lipinski definition) is 3. The van der Waals surface area contributed by atoms with Crippen LogP contribution in [-0.4, -0.2) is 21.1 Å². The van der Waals surface area contributed by atoms with Crippen molar-refractivity contribution in [2.24, 2.45) is 5.73 Å². The van der Waals surface area contributed by atoms with Gasteiger partial charge in [-0.05, 0) is 12.1 Å². The molecule has 0 spiro atoms. The standard InChI is InChI=1S/C11H7ClF2N4OS/c12-6-2-7(13)4(1-8(6)14)11(19)17-10-5(9(15)20)3-16-18-10/h1-3H,(H2,15,20)(H2,16,17,18,19). The SMILES string of the molecule is NC(=S)c1cn[nH]c1NC(=O)c1cc(F)c(Cl)cc1F. The average Bonchev–Trinajstić information content (AvgIpc) is 2.81. The molecule has 1 heterocycles. The number of aromatic amines is 1. The molecule has 1 aromatic carbocycles. The lowest BCUT2D eigenvalue weighted by Gasteiger charge is -2.06. The monoisotopic (exact) mass is 316 g/mol. The second kappa shape index (κ2) is 5.51. The van der Waals surface area contributed by atoms with Gasteiger partial charge in [-0.25, -0.2) is 8.78 Å². The number of anilines is 1. The number of nitrogens with one attached hydrogen (secondary N) is 2. The Morgan fingerprint density at radius 2 is 2.05 bits per heavy atom. The van der Waals surface area contributed by atoms with Gasteiger partial charge >= 0.3 is 0 Å². The summed E-state index contributed by atoms with van der Waals surface area (Å²) < 4.78 is 26.8. The molecule has 0 atom stereocenters. The van der Waals surface area contributed by atoms with E-state index < -0.39 is 28.1 Å². The van der Waals surface area contributed by atoms with Crippen LogP contribution in [0.15, 0.2) is 18.3 Å². The number of aromatic nitrogens is 2. The van der Waals surface area contributed by atoms with Crippen molar-refractivity contribution in [3.63, 3.8) is 0 Å². The van der Waals surface area contributed by atoms with Gasteiger partial charge in [-0.1, -0.05) is 23.8 Å². The maximum Gasteiger partial charge on any atom is 0.259 e. The number of carbonyl (C=O) groups excluding carboxylic acids is 1. The molecule has 0 saturated heterocycles. The van der Waals surface area contributed by atoms with Crippen molar-refractivity contribution in [3.05, 3.63) is 46.1 Å². The highest BCUT2D eigenvalue weighted by Gasteiger charge is 2.18. The molecule has 4 N–H and O–H groups in total. The van der Waals surface area contributed by atoms with Gasteiger partial charge in [0.05, 0.1) is 22.3 Å². The third kappa shape index (κ3) is 2.75. The lowest BCUT2D eigenvalue weighted by Crippen LogP contribution is -2.18. The number of hydrogen-bond donors (Lipinski definition) is 3. The van der Waals surface area contributed by atoms with E-state index in [0.29, 0.717) is 12.1 Å². The van der Waals surface area contributed by atoms with Crippen LogP contribution in [0, 0.1) is 11.6 Å². The van der Waals surface area contributed by atoms with E-state index in [9.17, 15) is 13.6 Å². The van der Waals surface area contributed by atoms with E-state index in [0.717, 1.165) is 0 Å². The average molecular weight is 317 g/mol. The Kier molecular flexibility index (Phi) is 3.96. The zero-order valence-corrected chi connectivity index (χ0v) is 11.3.